The summed E-state index contributed by atoms with van der Waals surface area (Å²) in [6, 6.07) is -2.09. The molecule has 14 atom stereocenters. The Morgan fingerprint density at radius 2 is 1.62 bits per heavy atom. The zero-order valence-electron chi connectivity index (χ0n) is 47.2. The van der Waals surface area contributed by atoms with Crippen LogP contribution in [0.25, 0.3) is 0 Å². The monoisotopic (exact) mass is 1110 g/mol. The summed E-state index contributed by atoms with van der Waals surface area (Å²) in [6.45, 7) is 11.2. The van der Waals surface area contributed by atoms with Gasteiger partial charge < -0.3 is 53.4 Å². The van der Waals surface area contributed by atoms with Crippen LogP contribution in [0.5, 0.6) is 0 Å². The molecule has 438 valence electrons. The molecule has 4 aliphatic rings. The number of hydrogen-bond donors (Lipinski definition) is 4. The third kappa shape index (κ3) is 19.9. The van der Waals surface area contributed by atoms with E-state index in [1.165, 1.54) is 14.2 Å². The molecule has 4 N–H and O–H groups in total. The Morgan fingerprint density at radius 1 is 0.870 bits per heavy atom. The lowest BCUT2D eigenvalue weighted by Gasteiger charge is -2.43. The van der Waals surface area contributed by atoms with Gasteiger partial charge in [-0.15, -0.1) is 0 Å². The first kappa shape index (κ1) is 66.0. The molecule has 2 bridgehead atoms. The third-order valence-corrected chi connectivity index (χ3v) is 17.2. The number of ether oxygens (including phenoxy) is 7. The van der Waals surface area contributed by atoms with Gasteiger partial charge in [-0.3, -0.25) is 19.2 Å². The van der Waals surface area contributed by atoms with Crippen LogP contribution in [0.2, 0.25) is 0 Å². The van der Waals surface area contributed by atoms with E-state index in [0.717, 1.165) is 11.3 Å². The minimum atomic E-state index is -3.95. The SMILES string of the molecule is COCCOCCS(=O)(=O)N[C@H]1C[C@H]2CC[C@H](C)[C@](O)(O2)C(=O)C(=O)N2CCCCC2C(=O)OC([C@H](C)C[C@@H]2CC[C@@H](OCCCO)[C@H](OC)C2)CC(=O)C(C)/C=C(/C)C(O)C(OC)C(=O)C(C)CC\C=C/C=C\C=C/1C. The third-order valence-electron chi connectivity index (χ3n) is 15.9. The summed E-state index contributed by atoms with van der Waals surface area (Å²) >= 11 is 0. The molecule has 3 heterocycles. The molecule has 6 unspecified atom stereocenters. The van der Waals surface area contributed by atoms with E-state index in [1.807, 2.05) is 13.0 Å². The van der Waals surface area contributed by atoms with E-state index in [0.29, 0.717) is 82.1 Å². The van der Waals surface area contributed by atoms with Crippen LogP contribution >= 0.6 is 0 Å². The highest BCUT2D eigenvalue weighted by atomic mass is 32.2. The maximum Gasteiger partial charge on any atom is 0.329 e. The quantitative estimate of drug-likeness (QED) is 0.0625. The van der Waals surface area contributed by atoms with Gasteiger partial charge in [0.2, 0.25) is 15.8 Å². The molecule has 3 fully saturated rings. The Kier molecular flexibility index (Phi) is 28.0. The molecule has 2 saturated heterocycles. The number of amides is 1. The van der Waals surface area contributed by atoms with Gasteiger partial charge in [-0.25, -0.2) is 17.9 Å². The number of esters is 1. The number of fused-ring (bicyclic) bond motifs is 3. The van der Waals surface area contributed by atoms with Crippen molar-refractivity contribution >= 4 is 39.2 Å². The lowest BCUT2D eigenvalue weighted by molar-refractivity contribution is -0.264. The van der Waals surface area contributed by atoms with Crippen LogP contribution in [0.3, 0.4) is 0 Å². The molecule has 3 aliphatic heterocycles. The second-order valence-corrected chi connectivity index (χ2v) is 23.7. The first-order chi connectivity index (χ1) is 36.6. The second-order valence-electron chi connectivity index (χ2n) is 21.8. The van der Waals surface area contributed by atoms with Crippen LogP contribution < -0.4 is 4.72 Å². The number of nitrogens with one attached hydrogen (secondary N) is 1. The van der Waals surface area contributed by atoms with Gasteiger partial charge in [0.25, 0.3) is 11.7 Å². The van der Waals surface area contributed by atoms with E-state index in [2.05, 4.69) is 4.72 Å². The number of allylic oxidation sites excluding steroid dienone is 6. The average Bonchev–Trinajstić information content (AvgIpc) is 3.42. The first-order valence-electron chi connectivity index (χ1n) is 27.8. The molecule has 77 heavy (non-hydrogen) atoms. The number of piperidine rings is 1. The summed E-state index contributed by atoms with van der Waals surface area (Å²) in [5.74, 6) is -9.13. The number of carbonyl (C=O) groups is 5. The van der Waals surface area contributed by atoms with E-state index in [4.69, 9.17) is 33.2 Å². The summed E-state index contributed by atoms with van der Waals surface area (Å²) in [5.41, 5.74) is 0.946. The number of aliphatic hydroxyl groups is 3. The zero-order chi connectivity index (χ0) is 56.9. The van der Waals surface area contributed by atoms with Crippen molar-refractivity contribution in [1.29, 1.82) is 0 Å². The maximum absolute atomic E-state index is 14.6. The number of nitrogens with zero attached hydrogens (tertiary/aromatic N) is 1. The van der Waals surface area contributed by atoms with Gasteiger partial charge in [-0.2, -0.15) is 0 Å². The van der Waals surface area contributed by atoms with Gasteiger partial charge in [-0.05, 0) is 115 Å². The maximum atomic E-state index is 14.6. The van der Waals surface area contributed by atoms with Crippen LogP contribution in [0.4, 0.5) is 0 Å². The summed E-state index contributed by atoms with van der Waals surface area (Å²) < 4.78 is 70.2. The molecular weight excluding hydrogens is 1020 g/mol. The van der Waals surface area contributed by atoms with Crippen molar-refractivity contribution in [2.24, 2.45) is 29.6 Å². The van der Waals surface area contributed by atoms with Gasteiger partial charge in [0, 0.05) is 71.3 Å². The van der Waals surface area contributed by atoms with E-state index in [-0.39, 0.29) is 93.4 Å². The molecule has 4 rings (SSSR count). The summed E-state index contributed by atoms with van der Waals surface area (Å²) in [7, 11) is 0.542. The first-order valence-corrected chi connectivity index (χ1v) is 29.5. The average molecular weight is 1110 g/mol. The highest BCUT2D eigenvalue weighted by Crippen LogP contribution is 2.38. The van der Waals surface area contributed by atoms with Crippen molar-refractivity contribution < 1.29 is 80.9 Å². The Labute approximate surface area is 457 Å². The Morgan fingerprint density at radius 3 is 2.32 bits per heavy atom. The molecule has 0 aromatic heterocycles. The van der Waals surface area contributed by atoms with Crippen molar-refractivity contribution in [3.63, 3.8) is 0 Å². The molecule has 19 nitrogen and oxygen atoms in total. The number of carbonyl (C=O) groups excluding carboxylic acids is 5. The number of rotatable bonds is 17. The molecule has 20 heteroatoms. The van der Waals surface area contributed by atoms with Gasteiger partial charge in [0.15, 0.2) is 5.78 Å². The van der Waals surface area contributed by atoms with Crippen molar-refractivity contribution in [3.8, 4) is 0 Å². The van der Waals surface area contributed by atoms with Crippen LogP contribution in [-0.2, 0) is 67.2 Å². The molecule has 1 aliphatic carbocycles. The fraction of sp³-hybridized carbons (Fsp3) is 0.772. The molecule has 0 aromatic rings. The zero-order valence-corrected chi connectivity index (χ0v) is 48.0. The normalized spacial score (nSPS) is 35.2. The summed E-state index contributed by atoms with van der Waals surface area (Å²) in [4.78, 5) is 72.7. The number of cyclic esters (lactones) is 1. The minimum absolute atomic E-state index is 0.00799. The van der Waals surface area contributed by atoms with Crippen LogP contribution in [0, 0.1) is 29.6 Å². The topological polar surface area (TPSA) is 260 Å². The minimum Gasteiger partial charge on any atom is -0.460 e. The van der Waals surface area contributed by atoms with Crippen LogP contribution in [0.15, 0.2) is 47.6 Å². The predicted molar refractivity (Wildman–Crippen MR) is 289 cm³/mol. The molecule has 0 spiro atoms. The summed E-state index contributed by atoms with van der Waals surface area (Å²) in [6.07, 6.45) is 11.4. The van der Waals surface area contributed by atoms with Crippen molar-refractivity contribution in [3.05, 3.63) is 47.6 Å². The van der Waals surface area contributed by atoms with E-state index in [9.17, 15) is 47.7 Å². The lowest BCUT2D eigenvalue weighted by atomic mass is 9.78. The Hall–Kier alpha value is -3.54. The van der Waals surface area contributed by atoms with E-state index >= 15 is 0 Å². The van der Waals surface area contributed by atoms with Crippen molar-refractivity contribution in [2.45, 2.75) is 186 Å². The number of sulfonamides is 1. The van der Waals surface area contributed by atoms with E-state index < -0.39 is 87.7 Å². The standard InChI is InChI=1S/C57H92N2O17S/c1-37-18-13-11-10-12-14-19-38(2)51(62)53(72-9)52(63)41(5)32-39(3)47(61)36-49(40(4)33-43-22-24-48(50(34-43)71-8)74-27-17-26-60)75-56(66)46-20-15-16-25-59(46)55(65)54(64)57(67)42(6)21-23-44(76-57)35-45(37)58-77(68,69)31-30-73-29-28-70-7/h10-13,18,32,38-40,42-46,48-50,52-53,58,60,63,67H,14-17,19-31,33-36H2,1-9H3/b12-10-,13-11-,37-18-,41-32-/t38?,39?,40-,42+,43+,44-,45+,46?,48-,49?,50-,52?,53?,57+/m1/s1. The molecule has 0 aromatic carbocycles. The fourth-order valence-electron chi connectivity index (χ4n) is 10.8. The molecular formula is C57H92N2O17S. The number of Topliss-reactive ketones (excluding diaryl/α,β-unsaturated/α-hetero) is 3. The Bertz CT molecular complexity index is 2150. The highest BCUT2D eigenvalue weighted by Gasteiger charge is 2.53. The lowest BCUT2D eigenvalue weighted by Crippen LogP contribution is -2.61. The highest BCUT2D eigenvalue weighted by molar-refractivity contribution is 7.89. The van der Waals surface area contributed by atoms with Gasteiger partial charge in [0.05, 0.1) is 43.9 Å². The molecule has 0 radical (unpaired) electrons. The van der Waals surface area contributed by atoms with Crippen molar-refractivity contribution in [1.82, 2.24) is 9.62 Å². The van der Waals surface area contributed by atoms with Crippen LogP contribution in [0.1, 0.15) is 131 Å². The number of hydrogen-bond acceptors (Lipinski definition) is 17. The van der Waals surface area contributed by atoms with Gasteiger partial charge in [-0.1, -0.05) is 69.7 Å². The molecule has 1 saturated carbocycles. The van der Waals surface area contributed by atoms with Crippen molar-refractivity contribution in [2.75, 3.05) is 66.7 Å². The fourth-order valence-corrected chi connectivity index (χ4v) is 12.0. The number of ketones is 3. The molecule has 1 amide bonds. The van der Waals surface area contributed by atoms with Gasteiger partial charge >= 0.3 is 5.97 Å². The smallest absolute Gasteiger partial charge is 0.329 e. The summed E-state index contributed by atoms with van der Waals surface area (Å²) in [5, 5.41) is 33.0. The van der Waals surface area contributed by atoms with E-state index in [1.54, 1.807) is 72.1 Å². The number of methoxy groups -OCH3 is 3. The predicted octanol–water partition coefficient (Wildman–Crippen LogP) is 5.28. The second kappa shape index (κ2) is 32.6. The van der Waals surface area contributed by atoms with Crippen LogP contribution in [-0.4, -0.2) is 179 Å². The number of aliphatic hydroxyl groups excluding tert-OH is 2. The largest absolute Gasteiger partial charge is 0.460 e. The van der Waals surface area contributed by atoms with Gasteiger partial charge in [0.1, 0.15) is 30.1 Å². The Balaban J connectivity index is 1.71.